The second kappa shape index (κ2) is 5.52. The van der Waals surface area contributed by atoms with Crippen molar-refractivity contribution in [1.82, 2.24) is 4.72 Å². The van der Waals surface area contributed by atoms with Gasteiger partial charge in [-0.25, -0.2) is 13.1 Å². The van der Waals surface area contributed by atoms with Crippen molar-refractivity contribution in [3.63, 3.8) is 0 Å². The SMILES string of the molecule is CC(NS(=O)(=O)c1ccccc1Br)c1ccsc1. The van der Waals surface area contributed by atoms with Crippen LogP contribution in [0.3, 0.4) is 0 Å². The largest absolute Gasteiger partial charge is 0.242 e. The van der Waals surface area contributed by atoms with Gasteiger partial charge in [0.15, 0.2) is 0 Å². The molecule has 1 N–H and O–H groups in total. The Balaban J connectivity index is 2.26. The normalized spacial score (nSPS) is 13.4. The van der Waals surface area contributed by atoms with E-state index in [1.54, 1.807) is 35.6 Å². The molecule has 0 spiro atoms. The number of nitrogens with one attached hydrogen (secondary N) is 1. The fourth-order valence-electron chi connectivity index (χ4n) is 1.55. The summed E-state index contributed by atoms with van der Waals surface area (Å²) in [5.74, 6) is 0. The molecule has 96 valence electrons. The average molecular weight is 346 g/mol. The molecule has 0 aliphatic rings. The van der Waals surface area contributed by atoms with Crippen LogP contribution in [0.5, 0.6) is 0 Å². The van der Waals surface area contributed by atoms with Gasteiger partial charge < -0.3 is 0 Å². The second-order valence-electron chi connectivity index (χ2n) is 3.83. The van der Waals surface area contributed by atoms with Gasteiger partial charge in [-0.2, -0.15) is 11.3 Å². The number of rotatable bonds is 4. The van der Waals surface area contributed by atoms with Crippen LogP contribution in [-0.2, 0) is 10.0 Å². The predicted molar refractivity (Wildman–Crippen MR) is 77.2 cm³/mol. The molecule has 0 bridgehead atoms. The first-order valence-electron chi connectivity index (χ1n) is 5.29. The Bertz CT molecular complexity index is 623. The van der Waals surface area contributed by atoms with Crippen molar-refractivity contribution in [3.05, 3.63) is 51.1 Å². The number of sulfonamides is 1. The standard InChI is InChI=1S/C12H12BrNO2S2/c1-9(10-6-7-17-8-10)14-18(15,16)12-5-3-2-4-11(12)13/h2-9,14H,1H3. The second-order valence-corrected chi connectivity index (χ2v) is 7.15. The number of halogens is 1. The molecular weight excluding hydrogens is 334 g/mol. The Hall–Kier alpha value is -0.690. The fourth-order valence-corrected chi connectivity index (χ4v) is 4.54. The number of hydrogen-bond acceptors (Lipinski definition) is 3. The lowest BCUT2D eigenvalue weighted by molar-refractivity contribution is 0.566. The maximum Gasteiger partial charge on any atom is 0.242 e. The summed E-state index contributed by atoms with van der Waals surface area (Å²) >= 11 is 4.80. The van der Waals surface area contributed by atoms with Crippen molar-refractivity contribution in [3.8, 4) is 0 Å². The van der Waals surface area contributed by atoms with Crippen LogP contribution in [0, 0.1) is 0 Å². The van der Waals surface area contributed by atoms with Gasteiger partial charge in [-0.3, -0.25) is 0 Å². The van der Waals surface area contributed by atoms with E-state index < -0.39 is 10.0 Å². The lowest BCUT2D eigenvalue weighted by atomic mass is 10.2. The molecule has 1 unspecified atom stereocenters. The van der Waals surface area contributed by atoms with Gasteiger partial charge in [0, 0.05) is 10.5 Å². The highest BCUT2D eigenvalue weighted by Crippen LogP contribution is 2.24. The molecule has 0 aliphatic carbocycles. The highest BCUT2D eigenvalue weighted by molar-refractivity contribution is 9.10. The van der Waals surface area contributed by atoms with Crippen molar-refractivity contribution in [2.24, 2.45) is 0 Å². The van der Waals surface area contributed by atoms with E-state index in [0.29, 0.717) is 4.47 Å². The van der Waals surface area contributed by atoms with Gasteiger partial charge in [0.05, 0.1) is 4.90 Å². The summed E-state index contributed by atoms with van der Waals surface area (Å²) in [6.45, 7) is 1.83. The summed E-state index contributed by atoms with van der Waals surface area (Å²) in [4.78, 5) is 0.257. The van der Waals surface area contributed by atoms with Crippen molar-refractivity contribution < 1.29 is 8.42 Å². The minimum atomic E-state index is -3.51. The smallest absolute Gasteiger partial charge is 0.207 e. The van der Waals surface area contributed by atoms with Crippen LogP contribution in [0.2, 0.25) is 0 Å². The molecule has 6 heteroatoms. The zero-order chi connectivity index (χ0) is 13.2. The monoisotopic (exact) mass is 345 g/mol. The molecule has 0 saturated heterocycles. The van der Waals surface area contributed by atoms with E-state index in [0.717, 1.165) is 5.56 Å². The summed E-state index contributed by atoms with van der Waals surface area (Å²) in [5, 5.41) is 3.87. The maximum absolute atomic E-state index is 12.2. The molecule has 1 heterocycles. The molecule has 2 aromatic rings. The maximum atomic E-state index is 12.2. The fraction of sp³-hybridized carbons (Fsp3) is 0.167. The van der Waals surface area contributed by atoms with E-state index in [1.165, 1.54) is 0 Å². The van der Waals surface area contributed by atoms with E-state index in [-0.39, 0.29) is 10.9 Å². The molecule has 0 amide bonds. The van der Waals surface area contributed by atoms with E-state index in [4.69, 9.17) is 0 Å². The molecule has 0 saturated carbocycles. The van der Waals surface area contributed by atoms with Crippen LogP contribution in [0.4, 0.5) is 0 Å². The molecule has 1 atom stereocenters. The van der Waals surface area contributed by atoms with E-state index in [2.05, 4.69) is 20.7 Å². The van der Waals surface area contributed by atoms with Crippen LogP contribution in [0.25, 0.3) is 0 Å². The van der Waals surface area contributed by atoms with Gasteiger partial charge in [-0.1, -0.05) is 12.1 Å². The minimum absolute atomic E-state index is 0.242. The van der Waals surface area contributed by atoms with E-state index in [9.17, 15) is 8.42 Å². The molecule has 0 aliphatic heterocycles. The summed E-state index contributed by atoms with van der Waals surface area (Å²) in [5.41, 5.74) is 0.968. The third kappa shape index (κ3) is 3.00. The Labute approximate surface area is 119 Å². The van der Waals surface area contributed by atoms with Gasteiger partial charge >= 0.3 is 0 Å². The quantitative estimate of drug-likeness (QED) is 0.920. The van der Waals surface area contributed by atoms with Gasteiger partial charge in [-0.05, 0) is 57.4 Å². The van der Waals surface area contributed by atoms with Crippen molar-refractivity contribution in [2.45, 2.75) is 17.9 Å². The van der Waals surface area contributed by atoms with Gasteiger partial charge in [-0.15, -0.1) is 0 Å². The van der Waals surface area contributed by atoms with Gasteiger partial charge in [0.25, 0.3) is 0 Å². The summed E-state index contributed by atoms with van der Waals surface area (Å²) in [7, 11) is -3.51. The lowest BCUT2D eigenvalue weighted by Crippen LogP contribution is -2.26. The van der Waals surface area contributed by atoms with Crippen molar-refractivity contribution in [1.29, 1.82) is 0 Å². The predicted octanol–water partition coefficient (Wildman–Crippen LogP) is 3.55. The highest BCUT2D eigenvalue weighted by Gasteiger charge is 2.20. The molecule has 1 aromatic heterocycles. The van der Waals surface area contributed by atoms with Gasteiger partial charge in [0.2, 0.25) is 10.0 Å². The van der Waals surface area contributed by atoms with Crippen molar-refractivity contribution >= 4 is 37.3 Å². The molecule has 2 rings (SSSR count). The molecule has 18 heavy (non-hydrogen) atoms. The average Bonchev–Trinajstić information content (AvgIpc) is 2.82. The van der Waals surface area contributed by atoms with Crippen molar-refractivity contribution in [2.75, 3.05) is 0 Å². The first-order chi connectivity index (χ1) is 8.50. The number of benzene rings is 1. The van der Waals surface area contributed by atoms with Crippen LogP contribution >= 0.6 is 27.3 Å². The van der Waals surface area contributed by atoms with Crippen LogP contribution < -0.4 is 4.72 Å². The van der Waals surface area contributed by atoms with Gasteiger partial charge in [0.1, 0.15) is 0 Å². The zero-order valence-corrected chi connectivity index (χ0v) is 12.8. The summed E-state index contributed by atoms with van der Waals surface area (Å²) in [6, 6.07) is 8.45. The first kappa shape index (κ1) is 13.7. The summed E-state index contributed by atoms with van der Waals surface area (Å²) in [6.07, 6.45) is 0. The number of thiophene rings is 1. The molecule has 0 radical (unpaired) electrons. The first-order valence-corrected chi connectivity index (χ1v) is 8.51. The van der Waals surface area contributed by atoms with Crippen LogP contribution in [0.1, 0.15) is 18.5 Å². The Kier molecular flexibility index (Phi) is 4.21. The highest BCUT2D eigenvalue weighted by atomic mass is 79.9. The Morgan fingerprint density at radius 1 is 1.28 bits per heavy atom. The third-order valence-electron chi connectivity index (χ3n) is 2.50. The molecule has 3 nitrogen and oxygen atoms in total. The lowest BCUT2D eigenvalue weighted by Gasteiger charge is -2.13. The van der Waals surface area contributed by atoms with E-state index in [1.807, 2.05) is 23.8 Å². The minimum Gasteiger partial charge on any atom is -0.207 e. The molecular formula is C12H12BrNO2S2. The topological polar surface area (TPSA) is 46.2 Å². The van der Waals surface area contributed by atoms with E-state index >= 15 is 0 Å². The zero-order valence-electron chi connectivity index (χ0n) is 9.63. The van der Waals surface area contributed by atoms with Crippen LogP contribution in [-0.4, -0.2) is 8.42 Å². The third-order valence-corrected chi connectivity index (χ3v) is 5.76. The number of hydrogen-bond donors (Lipinski definition) is 1. The Morgan fingerprint density at radius 2 is 2.00 bits per heavy atom. The summed E-state index contributed by atoms with van der Waals surface area (Å²) < 4.78 is 27.7. The Morgan fingerprint density at radius 3 is 2.61 bits per heavy atom. The van der Waals surface area contributed by atoms with Crippen LogP contribution in [0.15, 0.2) is 50.5 Å². The molecule has 1 aromatic carbocycles. The molecule has 0 fully saturated rings.